The predicted molar refractivity (Wildman–Crippen MR) is 85.6 cm³/mol. The zero-order valence-electron chi connectivity index (χ0n) is 13.1. The van der Waals surface area contributed by atoms with Gasteiger partial charge in [-0.2, -0.15) is 0 Å². The molecular formula is C18H27NO2. The number of aryl methyl sites for hydroxylation is 1. The Morgan fingerprint density at radius 3 is 2.81 bits per heavy atom. The molecular weight excluding hydrogens is 262 g/mol. The Labute approximate surface area is 128 Å². The lowest BCUT2D eigenvalue weighted by atomic mass is 10.1. The molecule has 0 spiro atoms. The molecule has 0 aliphatic carbocycles. The van der Waals surface area contributed by atoms with Crippen LogP contribution in [-0.2, 0) is 11.2 Å². The van der Waals surface area contributed by atoms with Crippen LogP contribution in [0.2, 0.25) is 0 Å². The number of unbranched alkanes of at least 4 members (excludes halogenated alkanes) is 1. The highest BCUT2D eigenvalue weighted by atomic mass is 16.5. The first-order chi connectivity index (χ1) is 10.3. The molecule has 1 amide bonds. The summed E-state index contributed by atoms with van der Waals surface area (Å²) in [5.41, 5.74) is 1.33. The monoisotopic (exact) mass is 289 g/mol. The third-order valence-electron chi connectivity index (χ3n) is 3.95. The van der Waals surface area contributed by atoms with Crippen LogP contribution in [0.5, 0.6) is 5.75 Å². The molecule has 0 bridgehead atoms. The molecule has 1 fully saturated rings. The van der Waals surface area contributed by atoms with Crippen molar-refractivity contribution in [2.24, 2.45) is 0 Å². The van der Waals surface area contributed by atoms with Gasteiger partial charge in [0.2, 0.25) is 5.91 Å². The normalized spacial score (nSPS) is 14.4. The van der Waals surface area contributed by atoms with Crippen molar-refractivity contribution in [2.75, 3.05) is 19.7 Å². The minimum absolute atomic E-state index is 0.317. The highest BCUT2D eigenvalue weighted by Crippen LogP contribution is 2.15. The molecule has 2 rings (SSSR count). The van der Waals surface area contributed by atoms with Crippen LogP contribution in [0.3, 0.4) is 0 Å². The topological polar surface area (TPSA) is 29.5 Å². The smallest absolute Gasteiger partial charge is 0.222 e. The van der Waals surface area contributed by atoms with E-state index in [1.165, 1.54) is 18.4 Å². The Bertz CT molecular complexity index is 439. The van der Waals surface area contributed by atoms with Crippen molar-refractivity contribution in [3.05, 3.63) is 29.8 Å². The first-order valence-electron chi connectivity index (χ1n) is 8.29. The van der Waals surface area contributed by atoms with Gasteiger partial charge in [-0.05, 0) is 49.8 Å². The van der Waals surface area contributed by atoms with E-state index in [1.54, 1.807) is 0 Å². The fourth-order valence-corrected chi connectivity index (χ4v) is 2.77. The molecule has 116 valence electrons. The van der Waals surface area contributed by atoms with E-state index in [1.807, 2.05) is 11.0 Å². The molecule has 0 saturated carbocycles. The van der Waals surface area contributed by atoms with Gasteiger partial charge in [-0.1, -0.05) is 25.5 Å². The van der Waals surface area contributed by atoms with Gasteiger partial charge in [0.15, 0.2) is 0 Å². The molecule has 1 aliphatic heterocycles. The van der Waals surface area contributed by atoms with Crippen LogP contribution in [0, 0.1) is 0 Å². The lowest BCUT2D eigenvalue weighted by molar-refractivity contribution is -0.130. The molecule has 3 nitrogen and oxygen atoms in total. The summed E-state index contributed by atoms with van der Waals surface area (Å²) in [5, 5.41) is 0. The Morgan fingerprint density at radius 2 is 2.05 bits per heavy atom. The molecule has 1 aromatic rings. The van der Waals surface area contributed by atoms with Crippen molar-refractivity contribution >= 4 is 5.91 Å². The summed E-state index contributed by atoms with van der Waals surface area (Å²) in [6, 6.07) is 8.33. The number of nitrogens with zero attached hydrogens (tertiary/aromatic N) is 1. The van der Waals surface area contributed by atoms with E-state index in [9.17, 15) is 4.79 Å². The van der Waals surface area contributed by atoms with Crippen LogP contribution in [-0.4, -0.2) is 30.5 Å². The number of carbonyl (C=O) groups is 1. The Morgan fingerprint density at radius 1 is 1.24 bits per heavy atom. The number of ether oxygens (including phenoxy) is 1. The molecule has 1 heterocycles. The van der Waals surface area contributed by atoms with E-state index in [4.69, 9.17) is 4.74 Å². The van der Waals surface area contributed by atoms with Gasteiger partial charge in [-0.25, -0.2) is 0 Å². The van der Waals surface area contributed by atoms with Gasteiger partial charge in [0.1, 0.15) is 5.75 Å². The molecule has 0 atom stereocenters. The highest BCUT2D eigenvalue weighted by molar-refractivity contribution is 5.76. The minimum atomic E-state index is 0.317. The summed E-state index contributed by atoms with van der Waals surface area (Å²) in [7, 11) is 0. The summed E-state index contributed by atoms with van der Waals surface area (Å²) < 4.78 is 5.78. The SMILES string of the molecule is CCCc1cccc(OCCCCC(=O)N2CCCC2)c1. The van der Waals surface area contributed by atoms with Crippen LogP contribution in [0.15, 0.2) is 24.3 Å². The van der Waals surface area contributed by atoms with Crippen LogP contribution < -0.4 is 4.74 Å². The fraction of sp³-hybridized carbons (Fsp3) is 0.611. The van der Waals surface area contributed by atoms with Crippen molar-refractivity contribution < 1.29 is 9.53 Å². The van der Waals surface area contributed by atoms with Crippen LogP contribution in [0.25, 0.3) is 0 Å². The number of benzene rings is 1. The second-order valence-corrected chi connectivity index (χ2v) is 5.79. The van der Waals surface area contributed by atoms with E-state index < -0.39 is 0 Å². The van der Waals surface area contributed by atoms with Crippen molar-refractivity contribution in [1.82, 2.24) is 4.90 Å². The predicted octanol–water partition coefficient (Wildman–Crippen LogP) is 3.81. The summed E-state index contributed by atoms with van der Waals surface area (Å²) in [6.45, 7) is 4.80. The summed E-state index contributed by atoms with van der Waals surface area (Å²) in [4.78, 5) is 13.9. The van der Waals surface area contributed by atoms with Gasteiger partial charge in [-0.3, -0.25) is 4.79 Å². The van der Waals surface area contributed by atoms with Crippen molar-refractivity contribution in [2.45, 2.75) is 51.9 Å². The standard InChI is InChI=1S/C18H27NO2/c1-2-8-16-9-7-10-17(15-16)21-14-6-3-11-18(20)19-12-4-5-13-19/h7,9-10,15H,2-6,8,11-14H2,1H3. The largest absolute Gasteiger partial charge is 0.494 e. The summed E-state index contributed by atoms with van der Waals surface area (Å²) >= 11 is 0. The molecule has 21 heavy (non-hydrogen) atoms. The third-order valence-corrected chi connectivity index (χ3v) is 3.95. The van der Waals surface area contributed by atoms with E-state index in [0.29, 0.717) is 18.9 Å². The number of likely N-dealkylation sites (tertiary alicyclic amines) is 1. The molecule has 0 radical (unpaired) electrons. The number of carbonyl (C=O) groups excluding carboxylic acids is 1. The zero-order valence-corrected chi connectivity index (χ0v) is 13.1. The van der Waals surface area contributed by atoms with Crippen LogP contribution in [0.1, 0.15) is 51.0 Å². The first kappa shape index (κ1) is 15.9. The van der Waals surface area contributed by atoms with Gasteiger partial charge in [0.25, 0.3) is 0 Å². The molecule has 1 aliphatic rings. The van der Waals surface area contributed by atoms with Crippen molar-refractivity contribution in [3.63, 3.8) is 0 Å². The highest BCUT2D eigenvalue weighted by Gasteiger charge is 2.16. The number of amides is 1. The summed E-state index contributed by atoms with van der Waals surface area (Å²) in [6.07, 6.45) is 7.12. The number of hydrogen-bond acceptors (Lipinski definition) is 2. The molecule has 3 heteroatoms. The van der Waals surface area contributed by atoms with Crippen molar-refractivity contribution in [3.8, 4) is 5.75 Å². The first-order valence-corrected chi connectivity index (χ1v) is 8.29. The molecule has 0 unspecified atom stereocenters. The second-order valence-electron chi connectivity index (χ2n) is 5.79. The third kappa shape index (κ3) is 5.41. The summed E-state index contributed by atoms with van der Waals surface area (Å²) in [5.74, 6) is 1.27. The minimum Gasteiger partial charge on any atom is -0.494 e. The van der Waals surface area contributed by atoms with Crippen molar-refractivity contribution in [1.29, 1.82) is 0 Å². The van der Waals surface area contributed by atoms with Gasteiger partial charge >= 0.3 is 0 Å². The van der Waals surface area contributed by atoms with Gasteiger partial charge in [0, 0.05) is 19.5 Å². The van der Waals surface area contributed by atoms with Crippen LogP contribution in [0.4, 0.5) is 0 Å². The Kier molecular flexibility index (Phi) is 6.58. The zero-order chi connectivity index (χ0) is 14.9. The van der Waals surface area contributed by atoms with Crippen LogP contribution >= 0.6 is 0 Å². The van der Waals surface area contributed by atoms with E-state index in [-0.39, 0.29) is 0 Å². The van der Waals surface area contributed by atoms with E-state index in [0.717, 1.165) is 44.5 Å². The number of hydrogen-bond donors (Lipinski definition) is 0. The maximum Gasteiger partial charge on any atom is 0.222 e. The van der Waals surface area contributed by atoms with Gasteiger partial charge < -0.3 is 9.64 Å². The van der Waals surface area contributed by atoms with E-state index >= 15 is 0 Å². The average Bonchev–Trinajstić information content (AvgIpc) is 3.02. The quantitative estimate of drug-likeness (QED) is 0.681. The number of rotatable bonds is 8. The molecule has 0 N–H and O–H groups in total. The maximum absolute atomic E-state index is 11.9. The maximum atomic E-state index is 11.9. The van der Waals surface area contributed by atoms with Gasteiger partial charge in [0.05, 0.1) is 6.61 Å². The van der Waals surface area contributed by atoms with E-state index in [2.05, 4.69) is 25.1 Å². The average molecular weight is 289 g/mol. The van der Waals surface area contributed by atoms with Gasteiger partial charge in [-0.15, -0.1) is 0 Å². The second kappa shape index (κ2) is 8.71. The lowest BCUT2D eigenvalue weighted by Gasteiger charge is -2.14. The Hall–Kier alpha value is -1.51. The molecule has 1 aromatic carbocycles. The Balaban J connectivity index is 1.61. The lowest BCUT2D eigenvalue weighted by Crippen LogP contribution is -2.27. The molecule has 0 aromatic heterocycles. The molecule has 1 saturated heterocycles. The fourth-order valence-electron chi connectivity index (χ4n) is 2.77.